The summed E-state index contributed by atoms with van der Waals surface area (Å²) < 4.78 is 0. The average Bonchev–Trinajstić information content (AvgIpc) is 2.68. The molecule has 0 saturated carbocycles. The van der Waals surface area contributed by atoms with Crippen molar-refractivity contribution in [3.8, 4) is 0 Å². The molecule has 27 heavy (non-hydrogen) atoms. The minimum atomic E-state index is -0.0733. The van der Waals surface area contributed by atoms with Gasteiger partial charge in [-0.15, -0.1) is 0 Å². The summed E-state index contributed by atoms with van der Waals surface area (Å²) in [6, 6.07) is 6.94. The lowest BCUT2D eigenvalue weighted by molar-refractivity contribution is 0.0772. The van der Waals surface area contributed by atoms with Crippen molar-refractivity contribution in [2.75, 3.05) is 39.3 Å². The fourth-order valence-electron chi connectivity index (χ4n) is 3.19. The fourth-order valence-corrected chi connectivity index (χ4v) is 3.19. The summed E-state index contributed by atoms with van der Waals surface area (Å²) in [5, 5.41) is 2.98. The molecule has 0 unspecified atom stereocenters. The van der Waals surface area contributed by atoms with Gasteiger partial charge in [-0.2, -0.15) is 0 Å². The Balaban J connectivity index is 2.39. The van der Waals surface area contributed by atoms with Gasteiger partial charge in [0.15, 0.2) is 0 Å². The van der Waals surface area contributed by atoms with Gasteiger partial charge in [0.2, 0.25) is 0 Å². The minimum Gasteiger partial charge on any atom is -0.352 e. The molecule has 5 nitrogen and oxygen atoms in total. The van der Waals surface area contributed by atoms with Crippen LogP contribution in [0.4, 0.5) is 0 Å². The van der Waals surface area contributed by atoms with Gasteiger partial charge < -0.3 is 15.1 Å². The molecule has 0 atom stereocenters. The molecule has 0 radical (unpaired) electrons. The van der Waals surface area contributed by atoms with Crippen LogP contribution in [-0.2, 0) is 0 Å². The zero-order valence-corrected chi connectivity index (χ0v) is 17.6. The van der Waals surface area contributed by atoms with Gasteiger partial charge in [0, 0.05) is 30.8 Å². The highest BCUT2D eigenvalue weighted by molar-refractivity contribution is 5.97. The van der Waals surface area contributed by atoms with Crippen LogP contribution in [0, 0.1) is 0 Å². The maximum atomic E-state index is 12.3. The first kappa shape index (κ1) is 23.2. The van der Waals surface area contributed by atoms with Gasteiger partial charge in [-0.3, -0.25) is 9.59 Å². The third-order valence-electron chi connectivity index (χ3n) is 4.71. The van der Waals surface area contributed by atoms with E-state index in [9.17, 15) is 9.59 Å². The number of carbonyl (C=O) groups excluding carboxylic acids is 2. The van der Waals surface area contributed by atoms with Crippen LogP contribution in [0.3, 0.4) is 0 Å². The first-order valence-corrected chi connectivity index (χ1v) is 10.5. The van der Waals surface area contributed by atoms with Gasteiger partial charge in [-0.05, 0) is 83.4 Å². The Bertz CT molecular complexity index is 547. The Morgan fingerprint density at radius 2 is 1.37 bits per heavy atom. The predicted molar refractivity (Wildman–Crippen MR) is 112 cm³/mol. The molecule has 0 fully saturated rings. The van der Waals surface area contributed by atoms with Crippen molar-refractivity contribution in [1.82, 2.24) is 15.1 Å². The number of amides is 2. The van der Waals surface area contributed by atoms with E-state index in [1.165, 1.54) is 12.8 Å². The minimum absolute atomic E-state index is 0.00988. The SMILES string of the molecule is CCCN(CCC)CCCCNC(=O)c1ccc(C(=O)N(CC)CC)cc1. The summed E-state index contributed by atoms with van der Waals surface area (Å²) in [7, 11) is 0. The summed E-state index contributed by atoms with van der Waals surface area (Å²) in [6.07, 6.45) is 4.44. The predicted octanol–water partition coefficient (Wildman–Crippen LogP) is 3.80. The molecular weight excluding hydrogens is 338 g/mol. The van der Waals surface area contributed by atoms with Crippen molar-refractivity contribution in [2.24, 2.45) is 0 Å². The zero-order chi connectivity index (χ0) is 20.1. The van der Waals surface area contributed by atoms with Crippen LogP contribution in [0.5, 0.6) is 0 Å². The quantitative estimate of drug-likeness (QED) is 0.534. The molecule has 1 N–H and O–H groups in total. The molecule has 152 valence electrons. The van der Waals surface area contributed by atoms with Crippen LogP contribution in [0.2, 0.25) is 0 Å². The van der Waals surface area contributed by atoms with Gasteiger partial charge in [-0.1, -0.05) is 13.8 Å². The molecule has 2 amide bonds. The molecule has 0 saturated heterocycles. The lowest BCUT2D eigenvalue weighted by Crippen LogP contribution is -2.30. The summed E-state index contributed by atoms with van der Waals surface area (Å²) in [5.74, 6) is -0.0634. The molecule has 0 aromatic heterocycles. The van der Waals surface area contributed by atoms with Crippen molar-refractivity contribution < 1.29 is 9.59 Å². The molecule has 0 spiro atoms. The van der Waals surface area contributed by atoms with Crippen LogP contribution < -0.4 is 5.32 Å². The van der Waals surface area contributed by atoms with Crippen LogP contribution in [0.25, 0.3) is 0 Å². The fraction of sp³-hybridized carbons (Fsp3) is 0.636. The Morgan fingerprint density at radius 3 is 1.89 bits per heavy atom. The van der Waals surface area contributed by atoms with Gasteiger partial charge in [0.25, 0.3) is 11.8 Å². The van der Waals surface area contributed by atoms with Crippen molar-refractivity contribution in [1.29, 1.82) is 0 Å². The second kappa shape index (κ2) is 13.3. The second-order valence-electron chi connectivity index (χ2n) is 6.86. The first-order chi connectivity index (χ1) is 13.1. The number of nitrogens with zero attached hydrogens (tertiary/aromatic N) is 2. The van der Waals surface area contributed by atoms with E-state index in [1.807, 2.05) is 13.8 Å². The third-order valence-corrected chi connectivity index (χ3v) is 4.71. The summed E-state index contributed by atoms with van der Waals surface area (Å²) in [6.45, 7) is 13.8. The largest absolute Gasteiger partial charge is 0.352 e. The highest BCUT2D eigenvalue weighted by Gasteiger charge is 2.13. The number of hydrogen-bond donors (Lipinski definition) is 1. The molecule has 0 aliphatic carbocycles. The standard InChI is InChI=1S/C22H37N3O2/c1-5-16-24(17-6-2)18-10-9-15-23-21(26)19-11-13-20(14-12-19)22(27)25(7-3)8-4/h11-14H,5-10,15-18H2,1-4H3,(H,23,26). The molecule has 0 bridgehead atoms. The number of nitrogens with one attached hydrogen (secondary N) is 1. The zero-order valence-electron chi connectivity index (χ0n) is 17.6. The molecular formula is C22H37N3O2. The Morgan fingerprint density at radius 1 is 0.815 bits per heavy atom. The highest BCUT2D eigenvalue weighted by Crippen LogP contribution is 2.08. The molecule has 0 heterocycles. The maximum Gasteiger partial charge on any atom is 0.253 e. The lowest BCUT2D eigenvalue weighted by atomic mass is 10.1. The van der Waals surface area contributed by atoms with Crippen LogP contribution in [-0.4, -0.2) is 60.9 Å². The molecule has 0 aliphatic heterocycles. The normalized spacial score (nSPS) is 10.9. The third kappa shape index (κ3) is 8.12. The Hall–Kier alpha value is -1.88. The van der Waals surface area contributed by atoms with E-state index in [-0.39, 0.29) is 11.8 Å². The smallest absolute Gasteiger partial charge is 0.253 e. The van der Waals surface area contributed by atoms with E-state index in [2.05, 4.69) is 24.1 Å². The lowest BCUT2D eigenvalue weighted by Gasteiger charge is -2.20. The highest BCUT2D eigenvalue weighted by atomic mass is 16.2. The Labute approximate surface area is 165 Å². The molecule has 1 rings (SSSR count). The van der Waals surface area contributed by atoms with Crippen molar-refractivity contribution in [3.63, 3.8) is 0 Å². The van der Waals surface area contributed by atoms with Crippen molar-refractivity contribution in [2.45, 2.75) is 53.4 Å². The van der Waals surface area contributed by atoms with Crippen LogP contribution >= 0.6 is 0 Å². The van der Waals surface area contributed by atoms with Crippen molar-refractivity contribution in [3.05, 3.63) is 35.4 Å². The number of carbonyl (C=O) groups is 2. The first-order valence-electron chi connectivity index (χ1n) is 10.5. The van der Waals surface area contributed by atoms with E-state index in [0.29, 0.717) is 30.8 Å². The molecule has 0 aliphatic rings. The Kier molecular flexibility index (Phi) is 11.4. The van der Waals surface area contributed by atoms with Gasteiger partial charge in [0.05, 0.1) is 0 Å². The second-order valence-corrected chi connectivity index (χ2v) is 6.86. The van der Waals surface area contributed by atoms with Gasteiger partial charge in [0.1, 0.15) is 0 Å². The van der Waals surface area contributed by atoms with E-state index in [0.717, 1.165) is 32.5 Å². The van der Waals surface area contributed by atoms with E-state index in [1.54, 1.807) is 29.2 Å². The summed E-state index contributed by atoms with van der Waals surface area (Å²) in [4.78, 5) is 28.8. The topological polar surface area (TPSA) is 52.7 Å². The van der Waals surface area contributed by atoms with Crippen LogP contribution in [0.1, 0.15) is 74.1 Å². The van der Waals surface area contributed by atoms with Crippen LogP contribution in [0.15, 0.2) is 24.3 Å². The van der Waals surface area contributed by atoms with Gasteiger partial charge >= 0.3 is 0 Å². The molecule has 5 heteroatoms. The molecule has 1 aromatic rings. The van der Waals surface area contributed by atoms with Gasteiger partial charge in [-0.25, -0.2) is 0 Å². The maximum absolute atomic E-state index is 12.3. The van der Waals surface area contributed by atoms with Crippen molar-refractivity contribution >= 4 is 11.8 Å². The summed E-state index contributed by atoms with van der Waals surface area (Å²) >= 11 is 0. The van der Waals surface area contributed by atoms with E-state index >= 15 is 0 Å². The number of benzene rings is 1. The number of rotatable bonds is 13. The number of unbranched alkanes of at least 4 members (excludes halogenated alkanes) is 1. The summed E-state index contributed by atoms with van der Waals surface area (Å²) in [5.41, 5.74) is 1.23. The molecule has 1 aromatic carbocycles. The number of hydrogen-bond acceptors (Lipinski definition) is 3. The van der Waals surface area contributed by atoms with E-state index < -0.39 is 0 Å². The van der Waals surface area contributed by atoms with E-state index in [4.69, 9.17) is 0 Å². The monoisotopic (exact) mass is 375 g/mol. The average molecular weight is 376 g/mol.